The summed E-state index contributed by atoms with van der Waals surface area (Å²) in [5.41, 5.74) is 0.490. The van der Waals surface area contributed by atoms with Gasteiger partial charge in [0.25, 0.3) is 0 Å². The van der Waals surface area contributed by atoms with Gasteiger partial charge in [0.05, 0.1) is 11.1 Å². The first-order valence-corrected chi connectivity index (χ1v) is 6.12. The van der Waals surface area contributed by atoms with Gasteiger partial charge in [0.15, 0.2) is 0 Å². The molecular formula is C12H19N3O2. The number of aromatic nitrogens is 1. The van der Waals surface area contributed by atoms with Gasteiger partial charge >= 0.3 is 0 Å². The number of rotatable bonds is 4. The van der Waals surface area contributed by atoms with Gasteiger partial charge in [-0.25, -0.2) is 0 Å². The highest BCUT2D eigenvalue weighted by molar-refractivity contribution is 5.94. The number of nitrogens with one attached hydrogen (secondary N) is 2. The van der Waals surface area contributed by atoms with E-state index in [2.05, 4.69) is 22.7 Å². The third-order valence-electron chi connectivity index (χ3n) is 3.32. The highest BCUT2D eigenvalue weighted by atomic mass is 16.5. The van der Waals surface area contributed by atoms with Crippen LogP contribution in [-0.2, 0) is 4.79 Å². The molecule has 0 bridgehead atoms. The van der Waals surface area contributed by atoms with E-state index >= 15 is 0 Å². The number of anilines is 1. The number of carbonyl (C=O) groups is 1. The molecule has 1 unspecified atom stereocenters. The van der Waals surface area contributed by atoms with Crippen LogP contribution in [0.1, 0.15) is 31.9 Å². The molecule has 1 aromatic heterocycles. The van der Waals surface area contributed by atoms with Gasteiger partial charge in [-0.05, 0) is 26.3 Å². The summed E-state index contributed by atoms with van der Waals surface area (Å²) in [5.74, 6) is 0.482. The normalized spacial score (nSPS) is 23.9. The van der Waals surface area contributed by atoms with Crippen LogP contribution in [0.3, 0.4) is 0 Å². The highest BCUT2D eigenvalue weighted by Gasteiger charge is 2.40. The summed E-state index contributed by atoms with van der Waals surface area (Å²) in [6.45, 7) is 5.59. The Balaban J connectivity index is 2.06. The van der Waals surface area contributed by atoms with E-state index in [1.807, 2.05) is 6.92 Å². The SMILES string of the molecule is CCCC1(C(=O)Nc2cc(C)no2)CCNC1. The van der Waals surface area contributed by atoms with Crippen LogP contribution in [0.5, 0.6) is 0 Å². The van der Waals surface area contributed by atoms with Gasteiger partial charge in [-0.1, -0.05) is 18.5 Å². The van der Waals surface area contributed by atoms with Crippen LogP contribution < -0.4 is 10.6 Å². The molecule has 1 aromatic rings. The topological polar surface area (TPSA) is 67.2 Å². The third kappa shape index (κ3) is 2.49. The van der Waals surface area contributed by atoms with Gasteiger partial charge in [-0.15, -0.1) is 0 Å². The van der Waals surface area contributed by atoms with Gasteiger partial charge in [-0.3, -0.25) is 10.1 Å². The van der Waals surface area contributed by atoms with Crippen molar-refractivity contribution in [1.82, 2.24) is 10.5 Å². The smallest absolute Gasteiger partial charge is 0.234 e. The first-order valence-electron chi connectivity index (χ1n) is 6.12. The summed E-state index contributed by atoms with van der Waals surface area (Å²) in [7, 11) is 0. The fourth-order valence-electron chi connectivity index (χ4n) is 2.41. The standard InChI is InChI=1S/C12H19N3O2/c1-3-4-12(5-6-13-8-12)11(16)14-10-7-9(2)15-17-10/h7,13H,3-6,8H2,1-2H3,(H,14,16). The second kappa shape index (κ2) is 4.87. The van der Waals surface area contributed by atoms with E-state index < -0.39 is 0 Å². The molecule has 1 saturated heterocycles. The summed E-state index contributed by atoms with van der Waals surface area (Å²) < 4.78 is 5.02. The van der Waals surface area contributed by atoms with E-state index in [4.69, 9.17) is 4.52 Å². The van der Waals surface area contributed by atoms with Crippen molar-refractivity contribution in [3.05, 3.63) is 11.8 Å². The van der Waals surface area contributed by atoms with Crippen molar-refractivity contribution in [3.63, 3.8) is 0 Å². The predicted octanol–water partition coefficient (Wildman–Crippen LogP) is 1.70. The van der Waals surface area contributed by atoms with Crippen LogP contribution in [0.15, 0.2) is 10.6 Å². The molecule has 0 spiro atoms. The van der Waals surface area contributed by atoms with Crippen molar-refractivity contribution in [1.29, 1.82) is 0 Å². The first-order chi connectivity index (χ1) is 8.16. The highest BCUT2D eigenvalue weighted by Crippen LogP contribution is 2.32. The predicted molar refractivity (Wildman–Crippen MR) is 64.7 cm³/mol. The zero-order chi connectivity index (χ0) is 12.3. The molecule has 1 amide bonds. The number of aryl methyl sites for hydroxylation is 1. The van der Waals surface area contributed by atoms with E-state index in [1.54, 1.807) is 6.07 Å². The number of nitrogens with zero attached hydrogens (tertiary/aromatic N) is 1. The fourth-order valence-corrected chi connectivity index (χ4v) is 2.41. The Morgan fingerprint density at radius 3 is 3.06 bits per heavy atom. The second-order valence-electron chi connectivity index (χ2n) is 4.74. The minimum Gasteiger partial charge on any atom is -0.338 e. The molecule has 1 aliphatic heterocycles. The van der Waals surface area contributed by atoms with Crippen LogP contribution in [0.2, 0.25) is 0 Å². The first kappa shape index (κ1) is 12.1. The van der Waals surface area contributed by atoms with Crippen LogP contribution in [-0.4, -0.2) is 24.2 Å². The maximum Gasteiger partial charge on any atom is 0.234 e. The average Bonchev–Trinajstić information content (AvgIpc) is 2.89. The summed E-state index contributed by atoms with van der Waals surface area (Å²) in [6.07, 6.45) is 2.79. The van der Waals surface area contributed by atoms with Gasteiger partial charge in [0, 0.05) is 12.6 Å². The molecule has 0 aliphatic carbocycles. The molecule has 0 saturated carbocycles. The minimum absolute atomic E-state index is 0.0421. The molecule has 17 heavy (non-hydrogen) atoms. The Hall–Kier alpha value is -1.36. The molecule has 1 aliphatic rings. The Kier molecular flexibility index (Phi) is 3.47. The quantitative estimate of drug-likeness (QED) is 0.836. The molecule has 0 radical (unpaired) electrons. The monoisotopic (exact) mass is 237 g/mol. The maximum absolute atomic E-state index is 12.3. The fraction of sp³-hybridized carbons (Fsp3) is 0.667. The van der Waals surface area contributed by atoms with Gasteiger partial charge in [0.1, 0.15) is 0 Å². The van der Waals surface area contributed by atoms with E-state index in [-0.39, 0.29) is 11.3 Å². The summed E-state index contributed by atoms with van der Waals surface area (Å²) in [6, 6.07) is 1.74. The Labute approximate surface area is 101 Å². The van der Waals surface area contributed by atoms with Crippen molar-refractivity contribution >= 4 is 11.8 Å². The minimum atomic E-state index is -0.282. The molecular weight excluding hydrogens is 218 g/mol. The molecule has 5 nitrogen and oxygen atoms in total. The molecule has 2 N–H and O–H groups in total. The van der Waals surface area contributed by atoms with Crippen LogP contribution in [0.4, 0.5) is 5.88 Å². The number of hydrogen-bond acceptors (Lipinski definition) is 4. The largest absolute Gasteiger partial charge is 0.338 e. The molecule has 0 aromatic carbocycles. The van der Waals surface area contributed by atoms with E-state index in [0.29, 0.717) is 5.88 Å². The maximum atomic E-state index is 12.3. The Morgan fingerprint density at radius 1 is 1.71 bits per heavy atom. The lowest BCUT2D eigenvalue weighted by Crippen LogP contribution is -2.38. The van der Waals surface area contributed by atoms with E-state index in [1.165, 1.54) is 0 Å². The summed E-state index contributed by atoms with van der Waals surface area (Å²) in [4.78, 5) is 12.3. The Bertz CT molecular complexity index is 394. The number of carbonyl (C=O) groups excluding carboxylic acids is 1. The lowest BCUT2D eigenvalue weighted by molar-refractivity contribution is -0.125. The number of hydrogen-bond donors (Lipinski definition) is 2. The zero-order valence-electron chi connectivity index (χ0n) is 10.4. The average molecular weight is 237 g/mol. The second-order valence-corrected chi connectivity index (χ2v) is 4.74. The van der Waals surface area contributed by atoms with Crippen LogP contribution >= 0.6 is 0 Å². The van der Waals surface area contributed by atoms with Crippen molar-refractivity contribution in [2.24, 2.45) is 5.41 Å². The lowest BCUT2D eigenvalue weighted by Gasteiger charge is -2.25. The van der Waals surface area contributed by atoms with E-state index in [0.717, 1.165) is 38.0 Å². The van der Waals surface area contributed by atoms with Crippen molar-refractivity contribution in [2.45, 2.75) is 33.1 Å². The summed E-state index contributed by atoms with van der Waals surface area (Å²) >= 11 is 0. The zero-order valence-corrected chi connectivity index (χ0v) is 10.4. The molecule has 1 atom stereocenters. The third-order valence-corrected chi connectivity index (χ3v) is 3.32. The molecule has 1 fully saturated rings. The number of amides is 1. The van der Waals surface area contributed by atoms with Crippen LogP contribution in [0, 0.1) is 12.3 Å². The van der Waals surface area contributed by atoms with Gasteiger partial charge in [-0.2, -0.15) is 0 Å². The van der Waals surface area contributed by atoms with Crippen molar-refractivity contribution < 1.29 is 9.32 Å². The Morgan fingerprint density at radius 2 is 2.53 bits per heavy atom. The molecule has 2 rings (SSSR count). The molecule has 94 valence electrons. The summed E-state index contributed by atoms with van der Waals surface area (Å²) in [5, 5.41) is 9.84. The van der Waals surface area contributed by atoms with Gasteiger partial charge < -0.3 is 9.84 Å². The van der Waals surface area contributed by atoms with Crippen molar-refractivity contribution in [3.8, 4) is 0 Å². The van der Waals surface area contributed by atoms with Crippen molar-refractivity contribution in [2.75, 3.05) is 18.4 Å². The van der Waals surface area contributed by atoms with E-state index in [9.17, 15) is 4.79 Å². The van der Waals surface area contributed by atoms with Crippen LogP contribution in [0.25, 0.3) is 0 Å². The lowest BCUT2D eigenvalue weighted by atomic mass is 9.81. The van der Waals surface area contributed by atoms with Gasteiger partial charge in [0.2, 0.25) is 11.8 Å². The molecule has 2 heterocycles. The molecule has 5 heteroatoms.